The van der Waals surface area contributed by atoms with Crippen LogP contribution in [0.25, 0.3) is 0 Å². The third-order valence-corrected chi connectivity index (χ3v) is 6.72. The van der Waals surface area contributed by atoms with E-state index in [1.807, 2.05) is 17.5 Å². The van der Waals surface area contributed by atoms with Gasteiger partial charge in [-0.2, -0.15) is 5.10 Å². The first-order valence-corrected chi connectivity index (χ1v) is 11.2. The van der Waals surface area contributed by atoms with Crippen molar-refractivity contribution in [3.05, 3.63) is 38.4 Å². The Bertz CT molecular complexity index is 932. The summed E-state index contributed by atoms with van der Waals surface area (Å²) in [5.41, 5.74) is 4.20. The molecule has 0 bridgehead atoms. The third kappa shape index (κ3) is 5.10. The summed E-state index contributed by atoms with van der Waals surface area (Å²) in [6.07, 6.45) is 4.77. The molecule has 2 N–H and O–H groups in total. The zero-order chi connectivity index (χ0) is 20.8. The van der Waals surface area contributed by atoms with Gasteiger partial charge in [0.2, 0.25) is 0 Å². The monoisotopic (exact) mass is 433 g/mol. The Kier molecular flexibility index (Phi) is 7.16. The van der Waals surface area contributed by atoms with Gasteiger partial charge in [-0.15, -0.1) is 22.7 Å². The number of carbonyl (C=O) groups excluding carboxylic acids is 3. The van der Waals surface area contributed by atoms with Gasteiger partial charge in [0.05, 0.1) is 17.9 Å². The summed E-state index contributed by atoms with van der Waals surface area (Å²) in [6, 6.07) is 3.76. The van der Waals surface area contributed by atoms with E-state index in [4.69, 9.17) is 4.74 Å². The minimum atomic E-state index is -0.890. The quantitative estimate of drug-likeness (QED) is 0.247. The second-order valence-electron chi connectivity index (χ2n) is 6.56. The van der Waals surface area contributed by atoms with Gasteiger partial charge in [0.15, 0.2) is 0 Å². The summed E-state index contributed by atoms with van der Waals surface area (Å²) in [6.45, 7) is 3.73. The van der Waals surface area contributed by atoms with Gasteiger partial charge in [-0.25, -0.2) is 10.2 Å². The van der Waals surface area contributed by atoms with Crippen LogP contribution in [0.1, 0.15) is 58.8 Å². The van der Waals surface area contributed by atoms with Gasteiger partial charge in [-0.1, -0.05) is 12.5 Å². The van der Waals surface area contributed by atoms with E-state index in [2.05, 4.69) is 15.8 Å². The topological polar surface area (TPSA) is 96.9 Å². The molecular weight excluding hydrogens is 410 g/mol. The van der Waals surface area contributed by atoms with E-state index in [0.29, 0.717) is 16.3 Å². The minimum Gasteiger partial charge on any atom is -0.462 e. The molecule has 3 rings (SSSR count). The number of hydrazone groups is 1. The van der Waals surface area contributed by atoms with Crippen LogP contribution in [0, 0.1) is 0 Å². The van der Waals surface area contributed by atoms with E-state index in [1.165, 1.54) is 22.7 Å². The molecule has 2 heterocycles. The molecule has 1 aliphatic carbocycles. The van der Waals surface area contributed by atoms with Crippen molar-refractivity contribution in [2.75, 3.05) is 11.9 Å². The highest BCUT2D eigenvalue weighted by Crippen LogP contribution is 2.38. The maximum Gasteiger partial charge on any atom is 0.341 e. The molecule has 29 heavy (non-hydrogen) atoms. The standard InChI is InChI=1S/C20H23N3O4S2/c1-3-27-20(26)16-13-8-5-4-6-9-15(13)29-19(16)21-17(24)18(25)23-22-12(2)14-10-7-11-28-14/h7,10-11H,3-6,8-9H2,1-2H3,(H,21,24)(H,23,25). The fraction of sp³-hybridized carbons (Fsp3) is 0.400. The Labute approximate surface area is 177 Å². The number of hydrogen-bond acceptors (Lipinski definition) is 7. The van der Waals surface area contributed by atoms with Crippen LogP contribution in [0.15, 0.2) is 22.6 Å². The number of anilines is 1. The molecule has 2 aromatic rings. The van der Waals surface area contributed by atoms with E-state index < -0.39 is 17.8 Å². The average molecular weight is 434 g/mol. The number of ether oxygens (including phenoxy) is 1. The Balaban J connectivity index is 1.76. The molecule has 0 fully saturated rings. The normalized spacial score (nSPS) is 13.9. The molecule has 0 saturated carbocycles. The van der Waals surface area contributed by atoms with Crippen LogP contribution in [0.2, 0.25) is 0 Å². The van der Waals surface area contributed by atoms with Crippen LogP contribution in [0.3, 0.4) is 0 Å². The fourth-order valence-electron chi connectivity index (χ4n) is 3.13. The van der Waals surface area contributed by atoms with Crippen LogP contribution in [0.5, 0.6) is 0 Å². The number of esters is 1. The Morgan fingerprint density at radius 1 is 1.17 bits per heavy atom. The van der Waals surface area contributed by atoms with Crippen molar-refractivity contribution in [2.24, 2.45) is 5.10 Å². The molecule has 7 nitrogen and oxygen atoms in total. The summed E-state index contributed by atoms with van der Waals surface area (Å²) in [7, 11) is 0. The van der Waals surface area contributed by atoms with Crippen molar-refractivity contribution in [1.29, 1.82) is 0 Å². The van der Waals surface area contributed by atoms with E-state index in [-0.39, 0.29) is 6.61 Å². The molecule has 2 aromatic heterocycles. The summed E-state index contributed by atoms with van der Waals surface area (Å²) in [5.74, 6) is -2.22. The number of rotatable bonds is 5. The summed E-state index contributed by atoms with van der Waals surface area (Å²) < 4.78 is 5.19. The van der Waals surface area contributed by atoms with Crippen molar-refractivity contribution in [3.63, 3.8) is 0 Å². The molecule has 0 spiro atoms. The Hall–Kier alpha value is -2.52. The van der Waals surface area contributed by atoms with Crippen LogP contribution in [-0.4, -0.2) is 30.1 Å². The second kappa shape index (κ2) is 9.80. The molecule has 0 radical (unpaired) electrons. The van der Waals surface area contributed by atoms with Crippen molar-refractivity contribution in [3.8, 4) is 0 Å². The molecule has 0 atom stereocenters. The van der Waals surface area contributed by atoms with Gasteiger partial charge in [-0.3, -0.25) is 9.59 Å². The van der Waals surface area contributed by atoms with Gasteiger partial charge in [-0.05, 0) is 56.5 Å². The number of nitrogens with one attached hydrogen (secondary N) is 2. The molecule has 0 saturated heterocycles. The SMILES string of the molecule is CCOC(=O)c1c(NC(=O)C(=O)NN=C(C)c2cccs2)sc2c1CCCCC2. The second-order valence-corrected chi connectivity index (χ2v) is 8.61. The van der Waals surface area contributed by atoms with Gasteiger partial charge in [0, 0.05) is 9.75 Å². The Morgan fingerprint density at radius 3 is 2.69 bits per heavy atom. The number of thiophene rings is 2. The number of nitrogens with zero attached hydrogens (tertiary/aromatic N) is 1. The third-order valence-electron chi connectivity index (χ3n) is 4.54. The van der Waals surface area contributed by atoms with Crippen LogP contribution in [-0.2, 0) is 27.2 Å². The zero-order valence-electron chi connectivity index (χ0n) is 16.4. The van der Waals surface area contributed by atoms with Crippen molar-refractivity contribution in [2.45, 2.75) is 46.0 Å². The molecule has 2 amide bonds. The number of aryl methyl sites for hydroxylation is 1. The predicted octanol–water partition coefficient (Wildman–Crippen LogP) is 3.73. The summed E-state index contributed by atoms with van der Waals surface area (Å²) in [5, 5.41) is 8.83. The number of amides is 2. The number of hydrogen-bond donors (Lipinski definition) is 2. The molecular formula is C20H23N3O4S2. The average Bonchev–Trinajstić information content (AvgIpc) is 3.29. The molecule has 0 aliphatic heterocycles. The van der Waals surface area contributed by atoms with Crippen LogP contribution < -0.4 is 10.7 Å². The lowest BCUT2D eigenvalue weighted by Gasteiger charge is -2.08. The first-order valence-electron chi connectivity index (χ1n) is 9.52. The van der Waals surface area contributed by atoms with Crippen LogP contribution in [0.4, 0.5) is 5.00 Å². The highest BCUT2D eigenvalue weighted by atomic mass is 32.1. The number of fused-ring (bicyclic) bond motifs is 1. The van der Waals surface area contributed by atoms with E-state index in [1.54, 1.807) is 13.8 Å². The lowest BCUT2D eigenvalue weighted by Crippen LogP contribution is -2.33. The highest BCUT2D eigenvalue weighted by Gasteiger charge is 2.27. The molecule has 0 aromatic carbocycles. The maximum absolute atomic E-state index is 12.5. The van der Waals surface area contributed by atoms with Crippen molar-refractivity contribution >= 4 is 51.2 Å². The lowest BCUT2D eigenvalue weighted by molar-refractivity contribution is -0.136. The van der Waals surface area contributed by atoms with Crippen molar-refractivity contribution < 1.29 is 19.1 Å². The van der Waals surface area contributed by atoms with E-state index in [9.17, 15) is 14.4 Å². The van der Waals surface area contributed by atoms with E-state index in [0.717, 1.165) is 47.4 Å². The first-order chi connectivity index (χ1) is 14.0. The zero-order valence-corrected chi connectivity index (χ0v) is 18.0. The maximum atomic E-state index is 12.5. The minimum absolute atomic E-state index is 0.244. The summed E-state index contributed by atoms with van der Waals surface area (Å²) >= 11 is 2.84. The molecule has 154 valence electrons. The lowest BCUT2D eigenvalue weighted by atomic mass is 10.1. The van der Waals surface area contributed by atoms with Crippen molar-refractivity contribution in [1.82, 2.24) is 5.43 Å². The fourth-order valence-corrected chi connectivity index (χ4v) is 5.08. The van der Waals surface area contributed by atoms with Crippen LogP contribution >= 0.6 is 22.7 Å². The predicted molar refractivity (Wildman–Crippen MR) is 115 cm³/mol. The number of carbonyl (C=O) groups is 3. The van der Waals surface area contributed by atoms with Gasteiger partial charge in [0.1, 0.15) is 5.00 Å². The molecule has 1 aliphatic rings. The largest absolute Gasteiger partial charge is 0.462 e. The molecule has 9 heteroatoms. The van der Waals surface area contributed by atoms with E-state index >= 15 is 0 Å². The molecule has 0 unspecified atom stereocenters. The Morgan fingerprint density at radius 2 is 1.97 bits per heavy atom. The summed E-state index contributed by atoms with van der Waals surface area (Å²) in [4.78, 5) is 39.1. The van der Waals surface area contributed by atoms with Gasteiger partial charge in [0.25, 0.3) is 0 Å². The van der Waals surface area contributed by atoms with Gasteiger partial charge < -0.3 is 10.1 Å². The smallest absolute Gasteiger partial charge is 0.341 e. The highest BCUT2D eigenvalue weighted by molar-refractivity contribution is 7.17. The first kappa shape index (κ1) is 21.2. The van der Waals surface area contributed by atoms with Gasteiger partial charge >= 0.3 is 17.8 Å².